The van der Waals surface area contributed by atoms with Gasteiger partial charge in [-0.05, 0) is 73.9 Å². The summed E-state index contributed by atoms with van der Waals surface area (Å²) in [4.78, 5) is 0. The Labute approximate surface area is 249 Å². The Kier molecular flexibility index (Phi) is 8.53. The lowest BCUT2D eigenvalue weighted by Crippen LogP contribution is -2.36. The molecular formula is C33H33BO9. The van der Waals surface area contributed by atoms with Crippen LogP contribution in [0.1, 0.15) is 40.0 Å². The first-order valence-corrected chi connectivity index (χ1v) is 14.6. The summed E-state index contributed by atoms with van der Waals surface area (Å²) in [5.41, 5.74) is 1.89. The van der Waals surface area contributed by atoms with Crippen LogP contribution in [0.15, 0.2) is 86.0 Å². The molecular weight excluding hydrogens is 551 g/mol. The van der Waals surface area contributed by atoms with E-state index in [2.05, 4.69) is 20.8 Å². The van der Waals surface area contributed by atoms with E-state index in [9.17, 15) is 0 Å². The normalized spacial score (nSPS) is 11.2. The molecule has 0 saturated carbocycles. The van der Waals surface area contributed by atoms with E-state index in [1.54, 1.807) is 18.2 Å². The van der Waals surface area contributed by atoms with Gasteiger partial charge in [-0.15, -0.1) is 0 Å². The van der Waals surface area contributed by atoms with Gasteiger partial charge >= 0.3 is 7.32 Å². The number of fused-ring (bicyclic) bond motifs is 3. The third-order valence-corrected chi connectivity index (χ3v) is 6.45. The molecule has 3 aromatic carbocycles. The summed E-state index contributed by atoms with van der Waals surface area (Å²) in [7, 11) is -1.32. The maximum Gasteiger partial charge on any atom is 0.870 e. The van der Waals surface area contributed by atoms with Gasteiger partial charge in [0.1, 0.15) is 34.0 Å². The van der Waals surface area contributed by atoms with Crippen LogP contribution >= 0.6 is 0 Å². The van der Waals surface area contributed by atoms with E-state index in [0.717, 1.165) is 52.7 Å². The minimum Gasteiger partial charge on any atom is -0.494 e. The molecule has 0 aliphatic rings. The molecule has 222 valence electrons. The molecule has 3 aromatic heterocycles. The molecule has 0 N–H and O–H groups in total. The molecule has 0 aliphatic heterocycles. The molecule has 3 heterocycles. The minimum atomic E-state index is -1.32. The van der Waals surface area contributed by atoms with Crippen LogP contribution in [0.25, 0.3) is 32.9 Å². The lowest BCUT2D eigenvalue weighted by molar-refractivity contribution is 0.230. The monoisotopic (exact) mass is 584 g/mol. The highest BCUT2D eigenvalue weighted by Crippen LogP contribution is 2.33. The van der Waals surface area contributed by atoms with Gasteiger partial charge in [0.05, 0.1) is 19.8 Å². The van der Waals surface area contributed by atoms with Crippen LogP contribution in [0.3, 0.4) is 0 Å². The Morgan fingerprint density at radius 3 is 1.09 bits per heavy atom. The second-order valence-corrected chi connectivity index (χ2v) is 9.98. The van der Waals surface area contributed by atoms with Crippen molar-refractivity contribution in [2.24, 2.45) is 0 Å². The zero-order valence-electron chi connectivity index (χ0n) is 24.4. The first-order chi connectivity index (χ1) is 21.1. The number of rotatable bonds is 15. The number of furan rings is 3. The Hall–Kier alpha value is -4.86. The van der Waals surface area contributed by atoms with Gasteiger partial charge < -0.3 is 41.4 Å². The maximum absolute atomic E-state index is 6.05. The summed E-state index contributed by atoms with van der Waals surface area (Å²) in [6, 6.07) is 22.0. The van der Waals surface area contributed by atoms with E-state index in [1.165, 1.54) is 0 Å². The molecule has 6 aromatic rings. The van der Waals surface area contributed by atoms with Crippen molar-refractivity contribution in [3.05, 3.63) is 72.8 Å². The zero-order valence-corrected chi connectivity index (χ0v) is 24.4. The molecule has 0 atom stereocenters. The molecule has 0 aliphatic carbocycles. The number of ether oxygens (including phenoxy) is 3. The highest BCUT2D eigenvalue weighted by atomic mass is 16.8. The highest BCUT2D eigenvalue weighted by molar-refractivity contribution is 6.39. The summed E-state index contributed by atoms with van der Waals surface area (Å²) in [5, 5.41) is 2.44. The summed E-state index contributed by atoms with van der Waals surface area (Å²) < 4.78 is 53.2. The van der Waals surface area contributed by atoms with Gasteiger partial charge in [0.15, 0.2) is 0 Å². The predicted octanol–water partition coefficient (Wildman–Crippen LogP) is 8.81. The second-order valence-electron chi connectivity index (χ2n) is 9.98. The fourth-order valence-corrected chi connectivity index (χ4v) is 4.45. The van der Waals surface area contributed by atoms with Crippen LogP contribution in [0.2, 0.25) is 0 Å². The van der Waals surface area contributed by atoms with Crippen molar-refractivity contribution < 1.29 is 41.4 Å². The molecule has 43 heavy (non-hydrogen) atoms. The Morgan fingerprint density at radius 1 is 0.465 bits per heavy atom. The van der Waals surface area contributed by atoms with E-state index >= 15 is 0 Å². The Balaban J connectivity index is 1.26. The van der Waals surface area contributed by atoms with Gasteiger partial charge in [-0.1, -0.05) is 20.8 Å². The predicted molar refractivity (Wildman–Crippen MR) is 164 cm³/mol. The number of hydrogen-bond donors (Lipinski definition) is 0. The molecule has 6 rings (SSSR count). The molecule has 0 unspecified atom stereocenters. The second kappa shape index (κ2) is 13.0. The summed E-state index contributed by atoms with van der Waals surface area (Å²) in [6.45, 7) is 8.07. The van der Waals surface area contributed by atoms with Gasteiger partial charge in [0.2, 0.25) is 0 Å². The molecule has 0 spiro atoms. The quantitative estimate of drug-likeness (QED) is 0.110. The molecule has 10 heteroatoms. The van der Waals surface area contributed by atoms with Crippen LogP contribution < -0.4 is 28.2 Å². The minimum absolute atomic E-state index is 0.186. The third-order valence-electron chi connectivity index (χ3n) is 6.45. The van der Waals surface area contributed by atoms with Crippen LogP contribution in [-0.4, -0.2) is 27.1 Å². The fraction of sp³-hybridized carbons (Fsp3) is 0.273. The van der Waals surface area contributed by atoms with Crippen LogP contribution in [0.5, 0.6) is 35.1 Å². The van der Waals surface area contributed by atoms with Crippen molar-refractivity contribution in [2.45, 2.75) is 40.0 Å². The van der Waals surface area contributed by atoms with Crippen molar-refractivity contribution in [2.75, 3.05) is 19.8 Å². The topological polar surface area (TPSA) is 94.8 Å². The van der Waals surface area contributed by atoms with Crippen LogP contribution in [0.4, 0.5) is 0 Å². The SMILES string of the molecule is CCCOc1ccc2oc(OB(Oc3cc4cc(OCCC)ccc4o3)Oc3cc4cc(OCCC)ccc4o3)cc2c1. The van der Waals surface area contributed by atoms with Crippen molar-refractivity contribution in [1.82, 2.24) is 0 Å². The van der Waals surface area contributed by atoms with Crippen LogP contribution in [0, 0.1) is 0 Å². The molecule has 0 bridgehead atoms. The fourth-order valence-electron chi connectivity index (χ4n) is 4.45. The van der Waals surface area contributed by atoms with Crippen molar-refractivity contribution in [1.29, 1.82) is 0 Å². The maximum atomic E-state index is 6.05. The molecule has 0 radical (unpaired) electrons. The average Bonchev–Trinajstić information content (AvgIpc) is 3.72. The number of hydrogen-bond acceptors (Lipinski definition) is 9. The Bertz CT molecular complexity index is 1590. The van der Waals surface area contributed by atoms with Gasteiger partial charge in [0.25, 0.3) is 17.8 Å². The standard InChI is InChI=1S/C33H33BO9/c1-4-13-35-25-7-10-28-22(16-25)19-31(38-28)41-34(42-32-20-23-17-26(36-14-5-2)8-11-29(23)39-32)43-33-21-24-18-27(37-15-6-3)9-12-30(24)40-33/h7-12,16-21H,4-6,13-15H2,1-3H3. The largest absolute Gasteiger partial charge is 0.870 e. The summed E-state index contributed by atoms with van der Waals surface area (Å²) in [5.74, 6) is 2.81. The number of benzene rings is 3. The van der Waals surface area contributed by atoms with E-state index in [-0.39, 0.29) is 17.8 Å². The lowest BCUT2D eigenvalue weighted by atomic mass is 10.2. The van der Waals surface area contributed by atoms with Gasteiger partial charge in [-0.3, -0.25) is 0 Å². The van der Waals surface area contributed by atoms with E-state index < -0.39 is 7.32 Å². The first kappa shape index (κ1) is 28.3. The van der Waals surface area contributed by atoms with Crippen molar-refractivity contribution in [3.8, 4) is 35.1 Å². The van der Waals surface area contributed by atoms with Crippen molar-refractivity contribution in [3.63, 3.8) is 0 Å². The summed E-state index contributed by atoms with van der Waals surface area (Å²) >= 11 is 0. The van der Waals surface area contributed by atoms with Gasteiger partial charge in [-0.25, -0.2) is 0 Å². The molecule has 0 fully saturated rings. The van der Waals surface area contributed by atoms with Crippen LogP contribution in [-0.2, 0) is 0 Å². The summed E-state index contributed by atoms with van der Waals surface area (Å²) in [6.07, 6.45) is 2.74. The molecule has 0 amide bonds. The van der Waals surface area contributed by atoms with E-state index in [4.69, 9.17) is 41.4 Å². The van der Waals surface area contributed by atoms with Gasteiger partial charge in [-0.2, -0.15) is 0 Å². The zero-order chi connectivity index (χ0) is 29.6. The smallest absolute Gasteiger partial charge is 0.494 e. The molecule has 0 saturated heterocycles. The molecule has 9 nitrogen and oxygen atoms in total. The van der Waals surface area contributed by atoms with E-state index in [0.29, 0.717) is 36.6 Å². The third kappa shape index (κ3) is 6.80. The first-order valence-electron chi connectivity index (χ1n) is 14.6. The average molecular weight is 584 g/mol. The van der Waals surface area contributed by atoms with E-state index in [1.807, 2.05) is 54.6 Å². The van der Waals surface area contributed by atoms with Crippen molar-refractivity contribution >= 4 is 40.2 Å². The highest BCUT2D eigenvalue weighted by Gasteiger charge is 2.34. The lowest BCUT2D eigenvalue weighted by Gasteiger charge is -2.11. The Morgan fingerprint density at radius 2 is 0.791 bits per heavy atom. The van der Waals surface area contributed by atoms with Gasteiger partial charge in [0, 0.05) is 34.4 Å².